The van der Waals surface area contributed by atoms with E-state index in [1.807, 2.05) is 72.5 Å². The minimum Gasteiger partial charge on any atom is -0.494 e. The molecule has 0 aliphatic carbocycles. The molecule has 0 radical (unpaired) electrons. The van der Waals surface area contributed by atoms with Gasteiger partial charge in [0.05, 0.1) is 30.8 Å². The first-order chi connectivity index (χ1) is 14.1. The van der Waals surface area contributed by atoms with Crippen LogP contribution in [0.25, 0.3) is 6.08 Å². The second kappa shape index (κ2) is 7.11. The van der Waals surface area contributed by atoms with Crippen molar-refractivity contribution in [3.05, 3.63) is 65.7 Å². The number of rotatable bonds is 4. The largest absolute Gasteiger partial charge is 0.494 e. The number of nitrogens with zero attached hydrogens (tertiary/aromatic N) is 3. The van der Waals surface area contributed by atoms with E-state index >= 15 is 0 Å². The average Bonchev–Trinajstić information content (AvgIpc) is 3.05. The molecule has 0 spiro atoms. The van der Waals surface area contributed by atoms with Gasteiger partial charge < -0.3 is 9.64 Å². The molecule has 29 heavy (non-hydrogen) atoms. The number of nitriles is 2. The summed E-state index contributed by atoms with van der Waals surface area (Å²) in [4.78, 5) is 14.9. The van der Waals surface area contributed by atoms with Gasteiger partial charge in [0.15, 0.2) is 11.2 Å². The van der Waals surface area contributed by atoms with Gasteiger partial charge in [0, 0.05) is 17.2 Å². The molecule has 5 heteroatoms. The summed E-state index contributed by atoms with van der Waals surface area (Å²) in [7, 11) is 0. The number of Topliss-reactive ketones (excluding diaryl/α,β-unsaturated/α-hetero) is 1. The van der Waals surface area contributed by atoms with E-state index in [-0.39, 0.29) is 5.78 Å². The van der Waals surface area contributed by atoms with E-state index in [0.29, 0.717) is 12.4 Å². The Balaban J connectivity index is 2.00. The van der Waals surface area contributed by atoms with Gasteiger partial charge >= 0.3 is 0 Å². The fourth-order valence-corrected chi connectivity index (χ4v) is 4.76. The topological polar surface area (TPSA) is 77.1 Å². The van der Waals surface area contributed by atoms with Crippen molar-refractivity contribution in [2.24, 2.45) is 5.41 Å². The van der Waals surface area contributed by atoms with Crippen molar-refractivity contribution in [2.45, 2.75) is 31.8 Å². The van der Waals surface area contributed by atoms with Crippen LogP contribution in [0.2, 0.25) is 0 Å². The lowest BCUT2D eigenvalue weighted by molar-refractivity contribution is -0.118. The van der Waals surface area contributed by atoms with Gasteiger partial charge in [0.2, 0.25) is 0 Å². The Morgan fingerprint density at radius 1 is 1.14 bits per heavy atom. The Hall–Kier alpha value is -3.57. The molecule has 0 aromatic heterocycles. The molecule has 3 atom stereocenters. The Bertz CT molecular complexity index is 1060. The number of hydrogen-bond acceptors (Lipinski definition) is 5. The van der Waals surface area contributed by atoms with E-state index in [2.05, 4.69) is 12.1 Å². The Labute approximate surface area is 170 Å². The summed E-state index contributed by atoms with van der Waals surface area (Å²) < 4.78 is 5.82. The molecule has 144 valence electrons. The van der Waals surface area contributed by atoms with Crippen molar-refractivity contribution in [2.75, 3.05) is 11.5 Å². The predicted molar refractivity (Wildman–Crippen MR) is 110 cm³/mol. The quantitative estimate of drug-likeness (QED) is 0.795. The number of anilines is 1. The van der Waals surface area contributed by atoms with Crippen molar-refractivity contribution in [3.63, 3.8) is 0 Å². The number of ketones is 1. The molecule has 0 saturated carbocycles. The zero-order valence-electron chi connectivity index (χ0n) is 16.4. The molecule has 4 rings (SSSR count). The maximum Gasteiger partial charge on any atom is 0.176 e. The summed E-state index contributed by atoms with van der Waals surface area (Å²) in [6.45, 7) is 3.87. The van der Waals surface area contributed by atoms with Crippen LogP contribution in [-0.2, 0) is 4.79 Å². The van der Waals surface area contributed by atoms with Crippen LogP contribution >= 0.6 is 0 Å². The lowest BCUT2D eigenvalue weighted by Gasteiger charge is -2.35. The summed E-state index contributed by atoms with van der Waals surface area (Å²) in [6, 6.07) is 18.6. The summed E-state index contributed by atoms with van der Waals surface area (Å²) in [6.07, 6.45) is 3.82. The smallest absolute Gasteiger partial charge is 0.176 e. The highest BCUT2D eigenvalue weighted by Crippen LogP contribution is 2.56. The standard InChI is InChI=1S/C24H21N3O2/c1-3-29-20-11-7-5-9-18(20)22-23(16(2)28)27-19-10-6-4-8-17(19)12-13-21(27)24(22,14-25)15-26/h4-13,21-23H,3H2,1-2H3/t21-,22-,23+/m1/s1. The Morgan fingerprint density at radius 3 is 2.52 bits per heavy atom. The number of fused-ring (bicyclic) bond motifs is 3. The van der Waals surface area contributed by atoms with Gasteiger partial charge in [-0.2, -0.15) is 10.5 Å². The normalized spacial score (nSPS) is 23.4. The molecule has 1 fully saturated rings. The van der Waals surface area contributed by atoms with E-state index in [9.17, 15) is 15.3 Å². The van der Waals surface area contributed by atoms with Gasteiger partial charge in [-0.05, 0) is 31.5 Å². The fourth-order valence-electron chi connectivity index (χ4n) is 4.76. The molecule has 0 N–H and O–H groups in total. The molecule has 2 aromatic carbocycles. The van der Waals surface area contributed by atoms with Crippen LogP contribution in [0.15, 0.2) is 54.6 Å². The molecule has 2 aromatic rings. The summed E-state index contributed by atoms with van der Waals surface area (Å²) in [5.74, 6) is -0.111. The van der Waals surface area contributed by atoms with Crippen molar-refractivity contribution in [1.29, 1.82) is 10.5 Å². The fraction of sp³-hybridized carbons (Fsp3) is 0.292. The number of hydrogen-bond donors (Lipinski definition) is 0. The van der Waals surface area contributed by atoms with Gasteiger partial charge in [-0.3, -0.25) is 4.79 Å². The molecule has 2 aliphatic rings. The van der Waals surface area contributed by atoms with E-state index < -0.39 is 23.4 Å². The SMILES string of the molecule is CCOc1ccccc1[C@@H]1[C@H](C(C)=O)N2c3ccccc3C=C[C@@H]2C1(C#N)C#N. The van der Waals surface area contributed by atoms with Gasteiger partial charge in [0.25, 0.3) is 0 Å². The summed E-state index contributed by atoms with van der Waals surface area (Å²) in [5.41, 5.74) is 1.14. The van der Waals surface area contributed by atoms with Crippen molar-refractivity contribution >= 4 is 17.5 Å². The van der Waals surface area contributed by atoms with Crippen molar-refractivity contribution < 1.29 is 9.53 Å². The maximum absolute atomic E-state index is 13.0. The van der Waals surface area contributed by atoms with Crippen LogP contribution in [-0.4, -0.2) is 24.5 Å². The lowest BCUT2D eigenvalue weighted by Crippen LogP contribution is -2.43. The van der Waals surface area contributed by atoms with Gasteiger partial charge in [0.1, 0.15) is 5.75 Å². The molecule has 0 bridgehead atoms. The Kier molecular flexibility index (Phi) is 4.60. The van der Waals surface area contributed by atoms with Crippen LogP contribution < -0.4 is 9.64 Å². The molecule has 5 nitrogen and oxygen atoms in total. The number of para-hydroxylation sites is 2. The van der Waals surface area contributed by atoms with Crippen LogP contribution in [0, 0.1) is 28.1 Å². The first kappa shape index (κ1) is 18.8. The minimum atomic E-state index is -1.42. The number of carbonyl (C=O) groups excluding carboxylic acids is 1. The van der Waals surface area contributed by atoms with Crippen molar-refractivity contribution in [3.8, 4) is 17.9 Å². The van der Waals surface area contributed by atoms with E-state index in [4.69, 9.17) is 4.74 Å². The first-order valence-electron chi connectivity index (χ1n) is 9.69. The second-order valence-corrected chi connectivity index (χ2v) is 7.37. The van der Waals surface area contributed by atoms with E-state index in [0.717, 1.165) is 16.8 Å². The zero-order valence-corrected chi connectivity index (χ0v) is 16.4. The first-order valence-corrected chi connectivity index (χ1v) is 9.69. The number of benzene rings is 2. The summed E-state index contributed by atoms with van der Waals surface area (Å²) >= 11 is 0. The molecule has 0 amide bonds. The third-order valence-corrected chi connectivity index (χ3v) is 5.89. The maximum atomic E-state index is 13.0. The summed E-state index contributed by atoms with van der Waals surface area (Å²) in [5, 5.41) is 20.5. The van der Waals surface area contributed by atoms with Crippen LogP contribution in [0.5, 0.6) is 5.75 Å². The molecular weight excluding hydrogens is 362 g/mol. The van der Waals surface area contributed by atoms with Crippen LogP contribution in [0.3, 0.4) is 0 Å². The van der Waals surface area contributed by atoms with Crippen LogP contribution in [0.4, 0.5) is 5.69 Å². The molecule has 0 unspecified atom stereocenters. The van der Waals surface area contributed by atoms with E-state index in [1.54, 1.807) is 0 Å². The highest BCUT2D eigenvalue weighted by Gasteiger charge is 2.63. The molecule has 2 heterocycles. The average molecular weight is 383 g/mol. The lowest BCUT2D eigenvalue weighted by atomic mass is 9.69. The van der Waals surface area contributed by atoms with Gasteiger partial charge in [-0.1, -0.05) is 48.6 Å². The third-order valence-electron chi connectivity index (χ3n) is 5.89. The monoisotopic (exact) mass is 383 g/mol. The van der Waals surface area contributed by atoms with Gasteiger partial charge in [-0.15, -0.1) is 0 Å². The zero-order chi connectivity index (χ0) is 20.6. The highest BCUT2D eigenvalue weighted by molar-refractivity contribution is 5.91. The second-order valence-electron chi connectivity index (χ2n) is 7.37. The minimum absolute atomic E-state index is 0.0798. The number of carbonyl (C=O) groups is 1. The number of ether oxygens (including phenoxy) is 1. The van der Waals surface area contributed by atoms with Gasteiger partial charge in [-0.25, -0.2) is 0 Å². The molecule has 1 saturated heterocycles. The van der Waals surface area contributed by atoms with Crippen LogP contribution in [0.1, 0.15) is 30.9 Å². The Morgan fingerprint density at radius 2 is 1.83 bits per heavy atom. The molecular formula is C24H21N3O2. The highest BCUT2D eigenvalue weighted by atomic mass is 16.5. The third kappa shape index (κ3) is 2.62. The predicted octanol–water partition coefficient (Wildman–Crippen LogP) is 4.08. The van der Waals surface area contributed by atoms with Crippen molar-refractivity contribution in [1.82, 2.24) is 0 Å². The van der Waals surface area contributed by atoms with E-state index in [1.165, 1.54) is 6.92 Å². The molecule has 2 aliphatic heterocycles.